The van der Waals surface area contributed by atoms with E-state index in [1.165, 1.54) is 32.1 Å². The van der Waals surface area contributed by atoms with Crippen molar-refractivity contribution in [3.05, 3.63) is 12.7 Å². The molecule has 0 amide bonds. The third-order valence-corrected chi connectivity index (χ3v) is 4.59. The maximum absolute atomic E-state index is 5.93. The third-order valence-electron chi connectivity index (χ3n) is 4.59. The Bertz CT molecular complexity index is 344. The van der Waals surface area contributed by atoms with Crippen LogP contribution in [0.2, 0.25) is 0 Å². The minimum atomic E-state index is 0.302. The second kappa shape index (κ2) is 8.39. The average Bonchev–Trinajstić information content (AvgIpc) is 2.53. The molecule has 0 radical (unpaired) electrons. The first kappa shape index (κ1) is 16.3. The Morgan fingerprint density at radius 1 is 1.29 bits per heavy atom. The van der Waals surface area contributed by atoms with Crippen LogP contribution in [0.25, 0.3) is 0 Å². The number of aliphatic imine (C=N–C) groups is 1. The van der Waals surface area contributed by atoms with E-state index in [0.29, 0.717) is 17.9 Å². The van der Waals surface area contributed by atoms with E-state index in [2.05, 4.69) is 21.8 Å². The molecule has 2 rings (SSSR count). The molecule has 0 atom stereocenters. The molecule has 0 bridgehead atoms. The second-order valence-corrected chi connectivity index (χ2v) is 6.32. The van der Waals surface area contributed by atoms with Gasteiger partial charge in [0.2, 0.25) is 0 Å². The molecule has 0 aromatic carbocycles. The molecule has 120 valence electrons. The number of rotatable bonds is 6. The van der Waals surface area contributed by atoms with Crippen LogP contribution < -0.4 is 11.1 Å². The Morgan fingerprint density at radius 3 is 2.67 bits per heavy atom. The largest absolute Gasteiger partial charge is 0.379 e. The van der Waals surface area contributed by atoms with Crippen molar-refractivity contribution in [2.24, 2.45) is 16.1 Å². The van der Waals surface area contributed by atoms with Crippen LogP contribution in [0.15, 0.2) is 17.6 Å². The summed E-state index contributed by atoms with van der Waals surface area (Å²) in [6.45, 7) is 10.2. The summed E-state index contributed by atoms with van der Waals surface area (Å²) in [7, 11) is 0. The zero-order chi connectivity index (χ0) is 15.0. The van der Waals surface area contributed by atoms with Crippen LogP contribution in [0.3, 0.4) is 0 Å². The normalized spacial score (nSPS) is 23.7. The van der Waals surface area contributed by atoms with Crippen molar-refractivity contribution in [2.75, 3.05) is 45.9 Å². The smallest absolute Gasteiger partial charge is 0.188 e. The molecule has 0 aromatic rings. The highest BCUT2D eigenvalue weighted by atomic mass is 16.5. The highest BCUT2D eigenvalue weighted by Crippen LogP contribution is 2.37. The van der Waals surface area contributed by atoms with E-state index in [0.717, 1.165) is 39.4 Å². The molecule has 1 saturated carbocycles. The van der Waals surface area contributed by atoms with Gasteiger partial charge in [0.25, 0.3) is 0 Å². The quantitative estimate of drug-likeness (QED) is 0.441. The number of nitrogens with two attached hydrogens (primary N) is 1. The van der Waals surface area contributed by atoms with E-state index in [-0.39, 0.29) is 0 Å². The van der Waals surface area contributed by atoms with E-state index in [4.69, 9.17) is 10.5 Å². The van der Waals surface area contributed by atoms with Gasteiger partial charge >= 0.3 is 0 Å². The maximum atomic E-state index is 5.93. The minimum absolute atomic E-state index is 0.302. The summed E-state index contributed by atoms with van der Waals surface area (Å²) in [5.41, 5.74) is 6.23. The van der Waals surface area contributed by atoms with Crippen LogP contribution in [0.4, 0.5) is 0 Å². The molecule has 5 heteroatoms. The number of morpholine rings is 1. The van der Waals surface area contributed by atoms with Crippen molar-refractivity contribution in [1.29, 1.82) is 0 Å². The van der Waals surface area contributed by atoms with Gasteiger partial charge in [0, 0.05) is 38.1 Å². The fraction of sp³-hybridized carbons (Fsp3) is 0.812. The lowest BCUT2D eigenvalue weighted by Crippen LogP contribution is -2.46. The number of hydrogen-bond acceptors (Lipinski definition) is 3. The fourth-order valence-electron chi connectivity index (χ4n) is 3.39. The number of nitrogens with zero attached hydrogens (tertiary/aromatic N) is 2. The van der Waals surface area contributed by atoms with Gasteiger partial charge in [-0.1, -0.05) is 25.3 Å². The molecule has 0 aromatic heterocycles. The minimum Gasteiger partial charge on any atom is -0.379 e. The highest BCUT2D eigenvalue weighted by molar-refractivity contribution is 5.77. The Labute approximate surface area is 128 Å². The number of hydrogen-bond donors (Lipinski definition) is 2. The molecule has 5 nitrogen and oxygen atoms in total. The first-order valence-electron chi connectivity index (χ1n) is 8.19. The molecule has 21 heavy (non-hydrogen) atoms. The summed E-state index contributed by atoms with van der Waals surface area (Å²) in [5, 5.41) is 3.07. The highest BCUT2D eigenvalue weighted by Gasteiger charge is 2.34. The van der Waals surface area contributed by atoms with Crippen LogP contribution in [-0.2, 0) is 4.74 Å². The van der Waals surface area contributed by atoms with Gasteiger partial charge in [0.15, 0.2) is 5.96 Å². The van der Waals surface area contributed by atoms with E-state index < -0.39 is 0 Å². The summed E-state index contributed by atoms with van der Waals surface area (Å²) in [4.78, 5) is 7.14. The van der Waals surface area contributed by atoms with Crippen molar-refractivity contribution in [1.82, 2.24) is 10.2 Å². The van der Waals surface area contributed by atoms with Gasteiger partial charge in [-0.05, 0) is 12.8 Å². The van der Waals surface area contributed by atoms with E-state index >= 15 is 0 Å². The summed E-state index contributed by atoms with van der Waals surface area (Å²) in [6.07, 6.45) is 8.33. The first-order chi connectivity index (χ1) is 10.2. The summed E-state index contributed by atoms with van der Waals surface area (Å²) < 4.78 is 5.46. The number of ether oxygens (including phenoxy) is 1. The van der Waals surface area contributed by atoms with Gasteiger partial charge in [0.05, 0.1) is 13.2 Å². The van der Waals surface area contributed by atoms with E-state index in [1.54, 1.807) is 6.08 Å². The van der Waals surface area contributed by atoms with Crippen LogP contribution >= 0.6 is 0 Å². The number of nitrogens with one attached hydrogen (secondary N) is 1. The topological polar surface area (TPSA) is 62.9 Å². The predicted molar refractivity (Wildman–Crippen MR) is 87.5 cm³/mol. The van der Waals surface area contributed by atoms with Crippen molar-refractivity contribution in [3.63, 3.8) is 0 Å². The lowest BCUT2D eigenvalue weighted by Gasteiger charge is -2.41. The Morgan fingerprint density at radius 2 is 2.00 bits per heavy atom. The lowest BCUT2D eigenvalue weighted by molar-refractivity contribution is 0.00939. The van der Waals surface area contributed by atoms with Crippen molar-refractivity contribution >= 4 is 5.96 Å². The monoisotopic (exact) mass is 294 g/mol. The van der Waals surface area contributed by atoms with E-state index in [1.807, 2.05) is 0 Å². The molecule has 0 unspecified atom stereocenters. The average molecular weight is 294 g/mol. The molecule has 0 spiro atoms. The van der Waals surface area contributed by atoms with Crippen LogP contribution in [0.1, 0.15) is 32.1 Å². The molecule has 1 saturated heterocycles. The zero-order valence-electron chi connectivity index (χ0n) is 13.1. The summed E-state index contributed by atoms with van der Waals surface area (Å²) >= 11 is 0. The molecular formula is C16H30N4O. The lowest BCUT2D eigenvalue weighted by atomic mass is 9.73. The Balaban J connectivity index is 1.93. The van der Waals surface area contributed by atoms with Crippen LogP contribution in [-0.4, -0.2) is 56.8 Å². The standard InChI is InChI=1S/C16H30N4O/c1-2-8-18-15(17)19-13-16(6-4-3-5-7-16)14-20-9-11-21-12-10-20/h2H,1,3-14H2,(H3,17,18,19). The molecule has 2 fully saturated rings. The Hall–Kier alpha value is -1.07. The molecular weight excluding hydrogens is 264 g/mol. The summed E-state index contributed by atoms with van der Waals surface area (Å²) in [6, 6.07) is 0. The number of guanidine groups is 1. The van der Waals surface area contributed by atoms with Gasteiger partial charge in [-0.25, -0.2) is 0 Å². The first-order valence-corrected chi connectivity index (χ1v) is 8.19. The molecule has 3 N–H and O–H groups in total. The fourth-order valence-corrected chi connectivity index (χ4v) is 3.39. The van der Waals surface area contributed by atoms with Crippen LogP contribution in [0, 0.1) is 5.41 Å². The molecule has 1 aliphatic heterocycles. The summed E-state index contributed by atoms with van der Waals surface area (Å²) in [5.74, 6) is 0.543. The molecule has 1 heterocycles. The van der Waals surface area contributed by atoms with Crippen LogP contribution in [0.5, 0.6) is 0 Å². The van der Waals surface area contributed by atoms with Gasteiger partial charge < -0.3 is 15.8 Å². The van der Waals surface area contributed by atoms with Gasteiger partial charge in [-0.15, -0.1) is 6.58 Å². The maximum Gasteiger partial charge on any atom is 0.188 e. The van der Waals surface area contributed by atoms with Gasteiger partial charge in [-0.3, -0.25) is 9.89 Å². The van der Waals surface area contributed by atoms with E-state index in [9.17, 15) is 0 Å². The second-order valence-electron chi connectivity index (χ2n) is 6.32. The zero-order valence-corrected chi connectivity index (χ0v) is 13.1. The molecule has 2 aliphatic rings. The van der Waals surface area contributed by atoms with Crippen molar-refractivity contribution in [2.45, 2.75) is 32.1 Å². The third kappa shape index (κ3) is 5.32. The Kier molecular flexibility index (Phi) is 6.51. The van der Waals surface area contributed by atoms with Gasteiger partial charge in [-0.2, -0.15) is 0 Å². The SMILES string of the molecule is C=CCNC(N)=NCC1(CN2CCOCC2)CCCCC1. The predicted octanol–water partition coefficient (Wildman–Crippen LogP) is 1.36. The van der Waals surface area contributed by atoms with Crippen molar-refractivity contribution in [3.8, 4) is 0 Å². The van der Waals surface area contributed by atoms with Gasteiger partial charge in [0.1, 0.15) is 0 Å². The van der Waals surface area contributed by atoms with Crippen molar-refractivity contribution < 1.29 is 4.74 Å². The molecule has 1 aliphatic carbocycles.